The number of hydrogen-bond donors (Lipinski definition) is 2. The molecule has 0 aliphatic heterocycles. The fourth-order valence-electron chi connectivity index (χ4n) is 2.48. The Kier molecular flexibility index (Phi) is 10.3. The third-order valence-corrected chi connectivity index (χ3v) is 3.88. The molecule has 0 fully saturated rings. The van der Waals surface area contributed by atoms with E-state index in [1.165, 1.54) is 12.1 Å². The molecule has 0 amide bonds. The van der Waals surface area contributed by atoms with Gasteiger partial charge in [0.1, 0.15) is 11.6 Å². The molecule has 0 saturated heterocycles. The van der Waals surface area contributed by atoms with E-state index in [2.05, 4.69) is 20.5 Å². The zero-order chi connectivity index (χ0) is 18.1. The Balaban J connectivity index is 0.00000338. The predicted octanol–water partition coefficient (Wildman–Crippen LogP) is 3.44. The summed E-state index contributed by atoms with van der Waals surface area (Å²) >= 11 is 0. The summed E-state index contributed by atoms with van der Waals surface area (Å²) in [5.74, 6) is 1.46. The minimum absolute atomic E-state index is 0. The average molecular weight is 474 g/mol. The molecule has 5 nitrogen and oxygen atoms in total. The van der Waals surface area contributed by atoms with Gasteiger partial charge in [0.05, 0.1) is 18.8 Å². The number of aliphatic imine (C=N–C) groups is 1. The van der Waals surface area contributed by atoms with Gasteiger partial charge in [-0.25, -0.2) is 4.39 Å². The number of benzene rings is 1. The van der Waals surface area contributed by atoms with Crippen molar-refractivity contribution in [1.82, 2.24) is 15.5 Å². The summed E-state index contributed by atoms with van der Waals surface area (Å²) in [4.78, 5) is 6.76. The largest absolute Gasteiger partial charge is 0.468 e. The van der Waals surface area contributed by atoms with Crippen LogP contribution in [0.1, 0.15) is 24.3 Å². The lowest BCUT2D eigenvalue weighted by molar-refractivity contribution is 0.265. The summed E-state index contributed by atoms with van der Waals surface area (Å²) in [7, 11) is 4.02. The van der Waals surface area contributed by atoms with E-state index in [4.69, 9.17) is 4.42 Å². The summed E-state index contributed by atoms with van der Waals surface area (Å²) in [6.07, 6.45) is 2.49. The van der Waals surface area contributed by atoms with Crippen molar-refractivity contribution in [2.75, 3.05) is 33.7 Å². The molecular weight excluding hydrogens is 446 g/mol. The minimum Gasteiger partial charge on any atom is -0.468 e. The molecule has 1 unspecified atom stereocenters. The first-order chi connectivity index (χ1) is 12.1. The molecule has 2 N–H and O–H groups in total. The number of guanidine groups is 1. The van der Waals surface area contributed by atoms with E-state index in [0.29, 0.717) is 6.54 Å². The minimum atomic E-state index is -0.209. The quantitative estimate of drug-likeness (QED) is 0.350. The van der Waals surface area contributed by atoms with Crippen molar-refractivity contribution in [2.24, 2.45) is 4.99 Å². The summed E-state index contributed by atoms with van der Waals surface area (Å²) in [5, 5.41) is 6.57. The third kappa shape index (κ3) is 7.33. The molecule has 7 heteroatoms. The van der Waals surface area contributed by atoms with Gasteiger partial charge in [0.25, 0.3) is 0 Å². The van der Waals surface area contributed by atoms with Crippen LogP contribution in [0.4, 0.5) is 4.39 Å². The van der Waals surface area contributed by atoms with E-state index in [9.17, 15) is 4.39 Å². The van der Waals surface area contributed by atoms with Gasteiger partial charge in [0.15, 0.2) is 5.96 Å². The second-order valence-electron chi connectivity index (χ2n) is 6.02. The first kappa shape index (κ1) is 22.4. The van der Waals surface area contributed by atoms with Gasteiger partial charge in [-0.15, -0.1) is 24.0 Å². The van der Waals surface area contributed by atoms with E-state index in [1.807, 2.05) is 33.2 Å². The lowest BCUT2D eigenvalue weighted by atomic mass is 10.1. The number of rotatable bonds is 8. The summed E-state index contributed by atoms with van der Waals surface area (Å²) in [6.45, 7) is 4.14. The lowest BCUT2D eigenvalue weighted by Gasteiger charge is -2.21. The monoisotopic (exact) mass is 474 g/mol. The molecule has 144 valence electrons. The van der Waals surface area contributed by atoms with Crippen molar-refractivity contribution in [3.05, 3.63) is 59.8 Å². The van der Waals surface area contributed by atoms with Crippen LogP contribution >= 0.6 is 24.0 Å². The molecule has 0 aliphatic rings. The predicted molar refractivity (Wildman–Crippen MR) is 115 cm³/mol. The van der Waals surface area contributed by atoms with Gasteiger partial charge in [0.2, 0.25) is 0 Å². The SMILES string of the molecule is CCNC(=NCC(c1ccco1)N(C)C)NCCc1ccc(F)cc1.I. The maximum Gasteiger partial charge on any atom is 0.191 e. The highest BCUT2D eigenvalue weighted by Gasteiger charge is 2.16. The molecule has 1 aromatic heterocycles. The summed E-state index contributed by atoms with van der Waals surface area (Å²) < 4.78 is 18.5. The number of nitrogens with one attached hydrogen (secondary N) is 2. The Bertz CT molecular complexity index is 644. The smallest absolute Gasteiger partial charge is 0.191 e. The molecule has 0 radical (unpaired) electrons. The number of hydrogen-bond acceptors (Lipinski definition) is 3. The Morgan fingerprint density at radius 3 is 2.50 bits per heavy atom. The van der Waals surface area contributed by atoms with Gasteiger partial charge in [-0.3, -0.25) is 9.89 Å². The molecular formula is C19H28FIN4O. The molecule has 0 bridgehead atoms. The molecule has 0 saturated carbocycles. The Labute approximate surface area is 172 Å². The van der Waals surface area contributed by atoms with E-state index in [0.717, 1.165) is 36.8 Å². The van der Waals surface area contributed by atoms with Crippen LogP contribution in [-0.4, -0.2) is 44.6 Å². The van der Waals surface area contributed by atoms with Crippen LogP contribution in [0.3, 0.4) is 0 Å². The highest BCUT2D eigenvalue weighted by molar-refractivity contribution is 14.0. The number of nitrogens with zero attached hydrogens (tertiary/aromatic N) is 2. The van der Waals surface area contributed by atoms with Crippen molar-refractivity contribution < 1.29 is 8.81 Å². The lowest BCUT2D eigenvalue weighted by Crippen LogP contribution is -2.39. The van der Waals surface area contributed by atoms with E-state index in [1.54, 1.807) is 18.4 Å². The van der Waals surface area contributed by atoms with Crippen LogP contribution in [0.5, 0.6) is 0 Å². The van der Waals surface area contributed by atoms with Crippen LogP contribution in [-0.2, 0) is 6.42 Å². The molecule has 0 spiro atoms. The van der Waals surface area contributed by atoms with Crippen LogP contribution < -0.4 is 10.6 Å². The zero-order valence-corrected chi connectivity index (χ0v) is 17.9. The van der Waals surface area contributed by atoms with Crippen molar-refractivity contribution >= 4 is 29.9 Å². The van der Waals surface area contributed by atoms with Crippen LogP contribution in [0, 0.1) is 5.82 Å². The fraction of sp³-hybridized carbons (Fsp3) is 0.421. The van der Waals surface area contributed by atoms with E-state index < -0.39 is 0 Å². The Morgan fingerprint density at radius 2 is 1.92 bits per heavy atom. The van der Waals surface area contributed by atoms with Crippen molar-refractivity contribution in [1.29, 1.82) is 0 Å². The highest BCUT2D eigenvalue weighted by atomic mass is 127. The maximum absolute atomic E-state index is 12.9. The molecule has 0 aliphatic carbocycles. The average Bonchev–Trinajstić information content (AvgIpc) is 3.10. The van der Waals surface area contributed by atoms with Gasteiger partial charge < -0.3 is 15.1 Å². The summed E-state index contributed by atoms with van der Waals surface area (Å²) in [6, 6.07) is 10.5. The topological polar surface area (TPSA) is 52.8 Å². The Morgan fingerprint density at radius 1 is 1.19 bits per heavy atom. The molecule has 1 heterocycles. The second kappa shape index (κ2) is 11.9. The molecule has 2 aromatic rings. The van der Waals surface area contributed by atoms with E-state index >= 15 is 0 Å². The van der Waals surface area contributed by atoms with Crippen molar-refractivity contribution in [2.45, 2.75) is 19.4 Å². The number of likely N-dealkylation sites (N-methyl/N-ethyl adjacent to an activating group) is 1. The van der Waals surface area contributed by atoms with Crippen molar-refractivity contribution in [3.63, 3.8) is 0 Å². The second-order valence-corrected chi connectivity index (χ2v) is 6.02. The molecule has 2 rings (SSSR count). The fourth-order valence-corrected chi connectivity index (χ4v) is 2.48. The molecule has 1 aromatic carbocycles. The van der Waals surface area contributed by atoms with E-state index in [-0.39, 0.29) is 35.8 Å². The summed E-state index contributed by atoms with van der Waals surface area (Å²) in [5.41, 5.74) is 1.09. The van der Waals surface area contributed by atoms with Gasteiger partial charge >= 0.3 is 0 Å². The first-order valence-electron chi connectivity index (χ1n) is 8.56. The zero-order valence-electron chi connectivity index (χ0n) is 15.5. The van der Waals surface area contributed by atoms with Crippen LogP contribution in [0.15, 0.2) is 52.1 Å². The Hall–Kier alpha value is -1.61. The van der Waals surface area contributed by atoms with Crippen LogP contribution in [0.25, 0.3) is 0 Å². The van der Waals surface area contributed by atoms with Crippen LogP contribution in [0.2, 0.25) is 0 Å². The normalized spacial score (nSPS) is 12.6. The van der Waals surface area contributed by atoms with Gasteiger partial charge in [0, 0.05) is 13.1 Å². The molecule has 26 heavy (non-hydrogen) atoms. The first-order valence-corrected chi connectivity index (χ1v) is 8.56. The van der Waals surface area contributed by atoms with Gasteiger partial charge in [-0.05, 0) is 57.3 Å². The molecule has 1 atom stereocenters. The van der Waals surface area contributed by atoms with Gasteiger partial charge in [-0.1, -0.05) is 12.1 Å². The highest BCUT2D eigenvalue weighted by Crippen LogP contribution is 2.18. The number of furan rings is 1. The van der Waals surface area contributed by atoms with Gasteiger partial charge in [-0.2, -0.15) is 0 Å². The maximum atomic E-state index is 12.9. The number of halogens is 2. The third-order valence-electron chi connectivity index (χ3n) is 3.88. The van der Waals surface area contributed by atoms with Crippen molar-refractivity contribution in [3.8, 4) is 0 Å². The standard InChI is InChI=1S/C19H27FN4O.HI/c1-4-21-19(22-12-11-15-7-9-16(20)10-8-15)23-14-17(24(2)3)18-6-5-13-25-18;/h5-10,13,17H,4,11-12,14H2,1-3H3,(H2,21,22,23);1H.